The zero-order valence-corrected chi connectivity index (χ0v) is 8.24. The summed E-state index contributed by atoms with van der Waals surface area (Å²) >= 11 is 0. The van der Waals surface area contributed by atoms with Gasteiger partial charge in [0, 0.05) is 6.54 Å². The third kappa shape index (κ3) is 1.90. The van der Waals surface area contributed by atoms with E-state index in [0.717, 1.165) is 25.9 Å². The average molecular weight is 207 g/mol. The average Bonchev–Trinajstić information content (AvgIpc) is 2.86. The third-order valence-electron chi connectivity index (χ3n) is 3.43. The molecule has 2 aliphatic rings. The number of nitrogens with zero attached hydrogens (tertiary/aromatic N) is 1. The lowest BCUT2D eigenvalue weighted by Crippen LogP contribution is -2.40. The van der Waals surface area contributed by atoms with Gasteiger partial charge in [0.15, 0.2) is 0 Å². The molecule has 1 nitrogen and oxygen atoms in total. The highest BCUT2D eigenvalue weighted by molar-refractivity contribution is 5.01. The molecule has 4 heteroatoms. The quantitative estimate of drug-likeness (QED) is 0.673. The predicted molar refractivity (Wildman–Crippen MR) is 48.0 cm³/mol. The fraction of sp³-hybridized carbons (Fsp3) is 1.00. The van der Waals surface area contributed by atoms with Crippen LogP contribution in [0.3, 0.4) is 0 Å². The smallest absolute Gasteiger partial charge is 0.302 e. The molecule has 0 aromatic heterocycles. The van der Waals surface area contributed by atoms with Gasteiger partial charge in [-0.2, -0.15) is 13.2 Å². The van der Waals surface area contributed by atoms with E-state index >= 15 is 0 Å². The molecule has 82 valence electrons. The van der Waals surface area contributed by atoms with Crippen LogP contribution in [0.1, 0.15) is 32.1 Å². The van der Waals surface area contributed by atoms with Crippen LogP contribution in [0.4, 0.5) is 13.2 Å². The molecule has 14 heavy (non-hydrogen) atoms. The Kier molecular flexibility index (Phi) is 2.50. The van der Waals surface area contributed by atoms with Crippen molar-refractivity contribution in [1.29, 1.82) is 0 Å². The Hall–Kier alpha value is -0.250. The molecule has 0 N–H and O–H groups in total. The van der Waals surface area contributed by atoms with Crippen molar-refractivity contribution in [2.24, 2.45) is 5.41 Å². The Balaban J connectivity index is 1.90. The van der Waals surface area contributed by atoms with E-state index in [9.17, 15) is 13.2 Å². The van der Waals surface area contributed by atoms with Crippen molar-refractivity contribution in [3.8, 4) is 0 Å². The Labute approximate surface area is 82.3 Å². The Morgan fingerprint density at radius 2 is 1.57 bits per heavy atom. The fourth-order valence-electron chi connectivity index (χ4n) is 2.23. The molecule has 0 unspecified atom stereocenters. The summed E-state index contributed by atoms with van der Waals surface area (Å²) in [7, 11) is 0. The van der Waals surface area contributed by atoms with E-state index in [-0.39, 0.29) is 6.54 Å². The van der Waals surface area contributed by atoms with Crippen LogP contribution in [0.2, 0.25) is 0 Å². The number of piperidine rings is 1. The summed E-state index contributed by atoms with van der Waals surface area (Å²) in [6.07, 6.45) is 0.00182. The van der Waals surface area contributed by atoms with Crippen molar-refractivity contribution in [1.82, 2.24) is 4.90 Å². The SMILES string of the molecule is FC(F)(F)C1(CN2CCCCC2)CC1. The van der Waals surface area contributed by atoms with Gasteiger partial charge in [-0.1, -0.05) is 6.42 Å². The molecule has 0 spiro atoms. The number of hydrogen-bond donors (Lipinski definition) is 0. The first-order valence-electron chi connectivity index (χ1n) is 5.33. The minimum Gasteiger partial charge on any atom is -0.302 e. The van der Waals surface area contributed by atoms with Gasteiger partial charge in [-0.25, -0.2) is 0 Å². The lowest BCUT2D eigenvalue weighted by molar-refractivity contribution is -0.192. The van der Waals surface area contributed by atoms with E-state index in [1.807, 2.05) is 4.90 Å². The monoisotopic (exact) mass is 207 g/mol. The molecule has 2 rings (SSSR count). The van der Waals surface area contributed by atoms with Crippen LogP contribution in [0, 0.1) is 5.41 Å². The summed E-state index contributed by atoms with van der Waals surface area (Å²) < 4.78 is 37.9. The lowest BCUT2D eigenvalue weighted by Gasteiger charge is -2.31. The van der Waals surface area contributed by atoms with Gasteiger partial charge in [-0.05, 0) is 38.8 Å². The van der Waals surface area contributed by atoms with Gasteiger partial charge in [0.05, 0.1) is 5.41 Å². The Morgan fingerprint density at radius 1 is 1.00 bits per heavy atom. The number of halogens is 3. The standard InChI is InChI=1S/C10H16F3N/c11-10(12,13)9(4-5-9)8-14-6-2-1-3-7-14/h1-8H2. The molecule has 1 aliphatic carbocycles. The molecule has 0 atom stereocenters. The van der Waals surface area contributed by atoms with Crippen LogP contribution in [-0.2, 0) is 0 Å². The van der Waals surface area contributed by atoms with Crippen LogP contribution in [0.15, 0.2) is 0 Å². The predicted octanol–water partition coefficient (Wildman–Crippen LogP) is 2.81. The highest BCUT2D eigenvalue weighted by atomic mass is 19.4. The summed E-state index contributed by atoms with van der Waals surface area (Å²) in [5.74, 6) is 0. The maximum Gasteiger partial charge on any atom is 0.395 e. The molecule has 1 saturated carbocycles. The van der Waals surface area contributed by atoms with Gasteiger partial charge in [-0.3, -0.25) is 0 Å². The molecule has 0 radical (unpaired) electrons. The molecular weight excluding hydrogens is 191 g/mol. The van der Waals surface area contributed by atoms with Gasteiger partial charge in [0.25, 0.3) is 0 Å². The lowest BCUT2D eigenvalue weighted by atomic mass is 10.0. The van der Waals surface area contributed by atoms with Crippen LogP contribution in [-0.4, -0.2) is 30.7 Å². The zero-order chi connectivity index (χ0) is 10.2. The number of rotatable bonds is 2. The van der Waals surface area contributed by atoms with Gasteiger partial charge in [-0.15, -0.1) is 0 Å². The van der Waals surface area contributed by atoms with E-state index in [1.165, 1.54) is 6.42 Å². The van der Waals surface area contributed by atoms with Crippen molar-refractivity contribution in [2.75, 3.05) is 19.6 Å². The first-order chi connectivity index (χ1) is 6.54. The van der Waals surface area contributed by atoms with Gasteiger partial charge >= 0.3 is 6.18 Å². The van der Waals surface area contributed by atoms with E-state index < -0.39 is 11.6 Å². The molecule has 1 saturated heterocycles. The summed E-state index contributed by atoms with van der Waals surface area (Å²) in [5, 5.41) is 0. The number of alkyl halides is 3. The first-order valence-corrected chi connectivity index (χ1v) is 5.33. The maximum absolute atomic E-state index is 12.6. The zero-order valence-electron chi connectivity index (χ0n) is 8.24. The molecule has 0 bridgehead atoms. The van der Waals surface area contributed by atoms with Gasteiger partial charge < -0.3 is 4.90 Å². The summed E-state index contributed by atoms with van der Waals surface area (Å²) in [6, 6.07) is 0. The molecule has 0 aromatic carbocycles. The molecule has 0 aromatic rings. The highest BCUT2D eigenvalue weighted by Gasteiger charge is 2.63. The summed E-state index contributed by atoms with van der Waals surface area (Å²) in [5.41, 5.74) is -1.33. The summed E-state index contributed by atoms with van der Waals surface area (Å²) in [6.45, 7) is 1.96. The molecular formula is C10H16F3N. The Morgan fingerprint density at radius 3 is 2.00 bits per heavy atom. The fourth-order valence-corrected chi connectivity index (χ4v) is 2.23. The van der Waals surface area contributed by atoms with Crippen LogP contribution < -0.4 is 0 Å². The van der Waals surface area contributed by atoms with Crippen molar-refractivity contribution in [2.45, 2.75) is 38.3 Å². The summed E-state index contributed by atoms with van der Waals surface area (Å²) in [4.78, 5) is 1.99. The first kappa shape index (κ1) is 10.3. The topological polar surface area (TPSA) is 3.24 Å². The highest BCUT2D eigenvalue weighted by Crippen LogP contribution is 2.57. The van der Waals surface area contributed by atoms with E-state index in [1.54, 1.807) is 0 Å². The Bertz CT molecular complexity index is 202. The minimum atomic E-state index is -3.98. The van der Waals surface area contributed by atoms with Crippen molar-refractivity contribution >= 4 is 0 Å². The molecule has 2 fully saturated rings. The molecule has 1 aliphatic heterocycles. The van der Waals surface area contributed by atoms with Crippen LogP contribution in [0.25, 0.3) is 0 Å². The largest absolute Gasteiger partial charge is 0.395 e. The normalized spacial score (nSPS) is 27.6. The van der Waals surface area contributed by atoms with Crippen molar-refractivity contribution < 1.29 is 13.2 Å². The van der Waals surface area contributed by atoms with Gasteiger partial charge in [0.2, 0.25) is 0 Å². The van der Waals surface area contributed by atoms with E-state index in [2.05, 4.69) is 0 Å². The molecule has 1 heterocycles. The van der Waals surface area contributed by atoms with Crippen molar-refractivity contribution in [3.05, 3.63) is 0 Å². The van der Waals surface area contributed by atoms with Crippen LogP contribution in [0.5, 0.6) is 0 Å². The number of hydrogen-bond acceptors (Lipinski definition) is 1. The number of likely N-dealkylation sites (tertiary alicyclic amines) is 1. The van der Waals surface area contributed by atoms with Gasteiger partial charge in [0.1, 0.15) is 0 Å². The second-order valence-electron chi connectivity index (χ2n) is 4.61. The van der Waals surface area contributed by atoms with E-state index in [4.69, 9.17) is 0 Å². The molecule has 0 amide bonds. The second kappa shape index (κ2) is 3.40. The van der Waals surface area contributed by atoms with E-state index in [0.29, 0.717) is 12.8 Å². The second-order valence-corrected chi connectivity index (χ2v) is 4.61. The van der Waals surface area contributed by atoms with Crippen molar-refractivity contribution in [3.63, 3.8) is 0 Å². The third-order valence-corrected chi connectivity index (χ3v) is 3.43. The van der Waals surface area contributed by atoms with Crippen LogP contribution >= 0.6 is 0 Å². The maximum atomic E-state index is 12.6. The minimum absolute atomic E-state index is 0.247.